The van der Waals surface area contributed by atoms with Crippen LogP contribution >= 0.6 is 23.1 Å². The second-order valence-electron chi connectivity index (χ2n) is 5.48. The molecule has 2 N–H and O–H groups in total. The number of furan rings is 1. The number of carbonyl (C=O) groups excluding carboxylic acids is 1. The van der Waals surface area contributed by atoms with E-state index in [1.54, 1.807) is 41.5 Å². The van der Waals surface area contributed by atoms with Gasteiger partial charge in [0, 0.05) is 17.3 Å². The van der Waals surface area contributed by atoms with Crippen molar-refractivity contribution < 1.29 is 14.3 Å². The predicted molar refractivity (Wildman–Crippen MR) is 89.1 cm³/mol. The molecule has 0 aliphatic carbocycles. The molecular weight excluding hydrogens is 318 g/mol. The Balaban J connectivity index is 1.58. The van der Waals surface area contributed by atoms with Gasteiger partial charge in [0.25, 0.3) is 0 Å². The average Bonchev–Trinajstić information content (AvgIpc) is 3.17. The van der Waals surface area contributed by atoms with Crippen molar-refractivity contribution in [3.8, 4) is 0 Å². The van der Waals surface area contributed by atoms with E-state index in [0.29, 0.717) is 12.2 Å². The summed E-state index contributed by atoms with van der Waals surface area (Å²) in [4.78, 5) is 13.8. The highest BCUT2D eigenvalue weighted by Gasteiger charge is 2.29. The minimum absolute atomic E-state index is 0.0310. The molecular formula is C16H19NO3S2. The molecule has 118 valence electrons. The molecule has 0 radical (unpaired) electrons. The fourth-order valence-corrected chi connectivity index (χ4v) is 4.97. The van der Waals surface area contributed by atoms with Crippen LogP contribution < -0.4 is 5.32 Å². The van der Waals surface area contributed by atoms with Gasteiger partial charge in [-0.25, -0.2) is 0 Å². The molecule has 0 aromatic carbocycles. The summed E-state index contributed by atoms with van der Waals surface area (Å²) in [6, 6.07) is 5.43. The number of nitrogens with one attached hydrogen (secondary N) is 1. The Bertz CT molecular complexity index is 623. The zero-order valence-electron chi connectivity index (χ0n) is 12.3. The van der Waals surface area contributed by atoms with Gasteiger partial charge in [-0.2, -0.15) is 0 Å². The van der Waals surface area contributed by atoms with Crippen molar-refractivity contribution in [3.63, 3.8) is 0 Å². The summed E-state index contributed by atoms with van der Waals surface area (Å²) in [6.45, 7) is 1.91. The normalized spacial score (nSPS) is 20.2. The van der Waals surface area contributed by atoms with Crippen molar-refractivity contribution in [2.45, 2.75) is 37.2 Å². The van der Waals surface area contributed by atoms with Gasteiger partial charge in [0.05, 0.1) is 6.26 Å². The molecule has 0 spiro atoms. The summed E-state index contributed by atoms with van der Waals surface area (Å²) in [5, 5.41) is 15.0. The molecule has 3 rings (SSSR count). The fraction of sp³-hybridized carbons (Fsp3) is 0.438. The highest BCUT2D eigenvalue weighted by atomic mass is 32.2. The second kappa shape index (κ2) is 6.89. The van der Waals surface area contributed by atoms with E-state index in [-0.39, 0.29) is 17.2 Å². The summed E-state index contributed by atoms with van der Waals surface area (Å²) in [5.41, 5.74) is 1.15. The number of hydrogen-bond acceptors (Lipinski definition) is 5. The monoisotopic (exact) mass is 337 g/mol. The first-order valence-electron chi connectivity index (χ1n) is 7.35. The van der Waals surface area contributed by atoms with Crippen molar-refractivity contribution in [2.24, 2.45) is 0 Å². The minimum atomic E-state index is -0.694. The van der Waals surface area contributed by atoms with Crippen molar-refractivity contribution >= 4 is 29.0 Å². The maximum absolute atomic E-state index is 12.5. The predicted octanol–water partition coefficient (Wildman–Crippen LogP) is 3.30. The highest BCUT2D eigenvalue weighted by molar-refractivity contribution is 8.00. The third-order valence-electron chi connectivity index (χ3n) is 3.75. The van der Waals surface area contributed by atoms with Gasteiger partial charge < -0.3 is 14.8 Å². The summed E-state index contributed by atoms with van der Waals surface area (Å²) >= 11 is 3.42. The Kier molecular flexibility index (Phi) is 4.90. The van der Waals surface area contributed by atoms with Crippen LogP contribution in [0.1, 0.15) is 40.9 Å². The highest BCUT2D eigenvalue weighted by Crippen LogP contribution is 2.39. The van der Waals surface area contributed by atoms with Crippen molar-refractivity contribution in [1.29, 1.82) is 0 Å². The molecule has 0 fully saturated rings. The molecule has 3 heterocycles. The minimum Gasteiger partial charge on any atom is -0.467 e. The first kappa shape index (κ1) is 15.6. The van der Waals surface area contributed by atoms with Gasteiger partial charge >= 0.3 is 0 Å². The smallest absolute Gasteiger partial charge is 0.237 e. The van der Waals surface area contributed by atoms with Crippen LogP contribution in [0.25, 0.3) is 0 Å². The lowest BCUT2D eigenvalue weighted by molar-refractivity contribution is -0.121. The number of carbonyl (C=O) groups is 1. The van der Waals surface area contributed by atoms with Crippen LogP contribution in [-0.4, -0.2) is 22.8 Å². The van der Waals surface area contributed by atoms with Gasteiger partial charge in [-0.05, 0) is 48.2 Å². The molecule has 22 heavy (non-hydrogen) atoms. The van der Waals surface area contributed by atoms with Crippen LogP contribution in [0.3, 0.4) is 0 Å². The van der Waals surface area contributed by atoms with E-state index in [2.05, 4.69) is 16.8 Å². The maximum atomic E-state index is 12.5. The fourth-order valence-electron chi connectivity index (χ4n) is 2.67. The number of hydrogen-bond donors (Lipinski definition) is 2. The first-order chi connectivity index (χ1) is 10.6. The number of aliphatic hydroxyl groups is 1. The molecule has 6 heteroatoms. The van der Waals surface area contributed by atoms with E-state index in [4.69, 9.17) is 4.42 Å². The molecule has 0 saturated heterocycles. The van der Waals surface area contributed by atoms with Crippen LogP contribution in [0, 0.1) is 0 Å². The molecule has 0 bridgehead atoms. The lowest BCUT2D eigenvalue weighted by atomic mass is 10.1. The van der Waals surface area contributed by atoms with E-state index in [9.17, 15) is 9.90 Å². The summed E-state index contributed by atoms with van der Waals surface area (Å²) in [6.07, 6.45) is 2.33. The number of aryl methyl sites for hydroxylation is 1. The quantitative estimate of drug-likeness (QED) is 0.879. The van der Waals surface area contributed by atoms with Crippen LogP contribution in [0.2, 0.25) is 0 Å². The number of rotatable bonds is 5. The molecule has 1 aliphatic rings. The molecule has 2 aromatic rings. The Morgan fingerprint density at radius 1 is 1.55 bits per heavy atom. The third-order valence-corrected chi connectivity index (χ3v) is 5.99. The molecule has 1 aliphatic heterocycles. The Labute approximate surface area is 137 Å². The van der Waals surface area contributed by atoms with Crippen LogP contribution in [0.4, 0.5) is 0 Å². The van der Waals surface area contributed by atoms with E-state index in [1.807, 2.05) is 6.92 Å². The number of thioether (sulfide) groups is 1. The molecule has 3 unspecified atom stereocenters. The standard InChI is InChI=1S/C16H19NO3S2/c1-10(9-12(18)13-3-2-6-20-13)17-16(19)15-11-4-7-21-14(11)5-8-22-15/h2-4,6-7,10,12,15,18H,5,8-9H2,1H3,(H,17,19). The van der Waals surface area contributed by atoms with E-state index >= 15 is 0 Å². The number of thiophene rings is 1. The Morgan fingerprint density at radius 2 is 2.41 bits per heavy atom. The number of aliphatic hydroxyl groups excluding tert-OH is 1. The number of amides is 1. The Morgan fingerprint density at radius 3 is 3.18 bits per heavy atom. The lowest BCUT2D eigenvalue weighted by Gasteiger charge is -2.24. The maximum Gasteiger partial charge on any atom is 0.237 e. The van der Waals surface area contributed by atoms with Gasteiger partial charge in [0.1, 0.15) is 17.1 Å². The van der Waals surface area contributed by atoms with E-state index in [0.717, 1.165) is 17.7 Å². The zero-order valence-corrected chi connectivity index (χ0v) is 14.0. The molecule has 2 aromatic heterocycles. The van der Waals surface area contributed by atoms with Crippen molar-refractivity contribution in [1.82, 2.24) is 5.32 Å². The average molecular weight is 337 g/mol. The SMILES string of the molecule is CC(CC(O)c1ccco1)NC(=O)C1SCCc2sccc21. The van der Waals surface area contributed by atoms with Crippen molar-refractivity contribution in [3.05, 3.63) is 46.0 Å². The molecule has 1 amide bonds. The first-order valence-corrected chi connectivity index (χ1v) is 9.27. The molecule has 3 atom stereocenters. The molecule has 4 nitrogen and oxygen atoms in total. The van der Waals surface area contributed by atoms with Gasteiger partial charge in [0.2, 0.25) is 5.91 Å². The van der Waals surface area contributed by atoms with Gasteiger partial charge in [-0.1, -0.05) is 0 Å². The van der Waals surface area contributed by atoms with Gasteiger partial charge in [0.15, 0.2) is 0 Å². The van der Waals surface area contributed by atoms with E-state index < -0.39 is 6.10 Å². The third kappa shape index (κ3) is 3.39. The topological polar surface area (TPSA) is 62.5 Å². The summed E-state index contributed by atoms with van der Waals surface area (Å²) in [7, 11) is 0. The van der Waals surface area contributed by atoms with Gasteiger partial charge in [-0.15, -0.1) is 23.1 Å². The summed E-state index contributed by atoms with van der Waals surface area (Å²) < 4.78 is 5.19. The van der Waals surface area contributed by atoms with Crippen molar-refractivity contribution in [2.75, 3.05) is 5.75 Å². The van der Waals surface area contributed by atoms with Gasteiger partial charge in [-0.3, -0.25) is 4.79 Å². The van der Waals surface area contributed by atoms with Crippen LogP contribution in [-0.2, 0) is 11.2 Å². The summed E-state index contributed by atoms with van der Waals surface area (Å²) in [5.74, 6) is 1.55. The van der Waals surface area contributed by atoms with Crippen LogP contribution in [0.15, 0.2) is 34.3 Å². The zero-order chi connectivity index (χ0) is 15.5. The molecule has 0 saturated carbocycles. The van der Waals surface area contributed by atoms with E-state index in [1.165, 1.54) is 4.88 Å². The van der Waals surface area contributed by atoms with Crippen LogP contribution in [0.5, 0.6) is 0 Å². The number of fused-ring (bicyclic) bond motifs is 1. The second-order valence-corrected chi connectivity index (χ2v) is 7.69. The Hall–Kier alpha value is -1.24. The largest absolute Gasteiger partial charge is 0.467 e. The lowest BCUT2D eigenvalue weighted by Crippen LogP contribution is -2.37.